The van der Waals surface area contributed by atoms with Gasteiger partial charge >= 0.3 is 0 Å². The number of benzene rings is 1. The number of aromatic amines is 1. The number of hydrogen-bond donors (Lipinski definition) is 2. The molecule has 2 aromatic rings. The summed E-state index contributed by atoms with van der Waals surface area (Å²) in [4.78, 5) is 15.4. The molecule has 0 fully saturated rings. The predicted octanol–water partition coefficient (Wildman–Crippen LogP) is 2.13. The van der Waals surface area contributed by atoms with Crippen molar-refractivity contribution in [3.63, 3.8) is 0 Å². The smallest absolute Gasteiger partial charge is 0.293 e. The SMILES string of the molecule is Cc1ccc(Br)c(NC(=O)c2ncn[nH]2)c1. The quantitative estimate of drug-likeness (QED) is 0.885. The minimum absolute atomic E-state index is 0.188. The topological polar surface area (TPSA) is 70.7 Å². The lowest BCUT2D eigenvalue weighted by atomic mass is 10.2. The van der Waals surface area contributed by atoms with Crippen LogP contribution in [0.5, 0.6) is 0 Å². The first-order chi connectivity index (χ1) is 7.66. The zero-order valence-electron chi connectivity index (χ0n) is 8.49. The monoisotopic (exact) mass is 280 g/mol. The Morgan fingerprint density at radius 1 is 1.50 bits per heavy atom. The molecule has 2 N–H and O–H groups in total. The number of H-pyrrole nitrogens is 1. The fourth-order valence-corrected chi connectivity index (χ4v) is 1.58. The van der Waals surface area contributed by atoms with Gasteiger partial charge in [-0.25, -0.2) is 4.98 Å². The number of aromatic nitrogens is 3. The molecular formula is C10H9BrN4O. The maximum absolute atomic E-state index is 11.7. The molecule has 0 unspecified atom stereocenters. The minimum Gasteiger partial charge on any atom is -0.318 e. The fourth-order valence-electron chi connectivity index (χ4n) is 1.23. The molecule has 1 amide bonds. The van der Waals surface area contributed by atoms with Crippen LogP contribution in [0.1, 0.15) is 16.2 Å². The molecule has 1 aromatic heterocycles. The summed E-state index contributed by atoms with van der Waals surface area (Å²) in [5.74, 6) is -0.128. The van der Waals surface area contributed by atoms with E-state index in [1.54, 1.807) is 0 Å². The Bertz CT molecular complexity index is 510. The van der Waals surface area contributed by atoms with E-state index in [4.69, 9.17) is 0 Å². The Hall–Kier alpha value is -1.69. The number of aryl methyl sites for hydroxylation is 1. The summed E-state index contributed by atoms with van der Waals surface area (Å²) in [6.07, 6.45) is 1.29. The predicted molar refractivity (Wildman–Crippen MR) is 63.2 cm³/mol. The zero-order valence-corrected chi connectivity index (χ0v) is 10.1. The van der Waals surface area contributed by atoms with Crippen molar-refractivity contribution in [2.45, 2.75) is 6.92 Å². The number of amides is 1. The number of nitrogens with zero attached hydrogens (tertiary/aromatic N) is 2. The van der Waals surface area contributed by atoms with Gasteiger partial charge in [0.1, 0.15) is 6.33 Å². The van der Waals surface area contributed by atoms with E-state index in [0.29, 0.717) is 5.69 Å². The van der Waals surface area contributed by atoms with Crippen molar-refractivity contribution >= 4 is 27.5 Å². The zero-order chi connectivity index (χ0) is 11.5. The van der Waals surface area contributed by atoms with E-state index in [0.717, 1.165) is 10.0 Å². The molecule has 0 saturated carbocycles. The molecular weight excluding hydrogens is 272 g/mol. The largest absolute Gasteiger partial charge is 0.318 e. The van der Waals surface area contributed by atoms with Gasteiger partial charge in [0, 0.05) is 4.47 Å². The Morgan fingerprint density at radius 2 is 2.31 bits per heavy atom. The van der Waals surface area contributed by atoms with Crippen molar-refractivity contribution in [2.24, 2.45) is 0 Å². The van der Waals surface area contributed by atoms with Crippen LogP contribution in [0.4, 0.5) is 5.69 Å². The number of hydrogen-bond acceptors (Lipinski definition) is 3. The highest BCUT2D eigenvalue weighted by atomic mass is 79.9. The van der Waals surface area contributed by atoms with Crippen molar-refractivity contribution in [2.75, 3.05) is 5.32 Å². The maximum atomic E-state index is 11.7. The summed E-state index contributed by atoms with van der Waals surface area (Å²) in [5.41, 5.74) is 1.78. The van der Waals surface area contributed by atoms with Crippen LogP contribution in [0.3, 0.4) is 0 Å². The lowest BCUT2D eigenvalue weighted by molar-refractivity contribution is 0.101. The van der Waals surface area contributed by atoms with Crippen molar-refractivity contribution in [3.05, 3.63) is 40.4 Å². The van der Waals surface area contributed by atoms with Crippen molar-refractivity contribution in [3.8, 4) is 0 Å². The molecule has 0 aliphatic rings. The number of carbonyl (C=O) groups excluding carboxylic acids is 1. The molecule has 6 heteroatoms. The molecule has 82 valence electrons. The van der Waals surface area contributed by atoms with Crippen LogP contribution in [0, 0.1) is 6.92 Å². The Labute approximate surface area is 100 Å². The number of halogens is 1. The summed E-state index contributed by atoms with van der Waals surface area (Å²) in [6.45, 7) is 1.95. The number of rotatable bonds is 2. The molecule has 0 aliphatic carbocycles. The third kappa shape index (κ3) is 2.27. The molecule has 0 saturated heterocycles. The summed E-state index contributed by atoms with van der Waals surface area (Å²) >= 11 is 3.36. The van der Waals surface area contributed by atoms with Crippen LogP contribution < -0.4 is 5.32 Å². The highest BCUT2D eigenvalue weighted by Crippen LogP contribution is 2.23. The second-order valence-corrected chi connectivity index (χ2v) is 4.13. The Kier molecular flexibility index (Phi) is 3.00. The molecule has 0 spiro atoms. The first-order valence-corrected chi connectivity index (χ1v) is 5.39. The van der Waals surface area contributed by atoms with Gasteiger partial charge in [-0.05, 0) is 40.5 Å². The van der Waals surface area contributed by atoms with Gasteiger partial charge < -0.3 is 5.32 Å². The standard InChI is InChI=1S/C10H9BrN4O/c1-6-2-3-7(11)8(4-6)14-10(16)9-12-5-13-15-9/h2-5H,1H3,(H,14,16)(H,12,13,15). The van der Waals surface area contributed by atoms with Gasteiger partial charge in [-0.3, -0.25) is 9.89 Å². The average molecular weight is 281 g/mol. The van der Waals surface area contributed by atoms with Gasteiger partial charge in [-0.1, -0.05) is 6.07 Å². The molecule has 16 heavy (non-hydrogen) atoms. The summed E-state index contributed by atoms with van der Waals surface area (Å²) < 4.78 is 0.825. The minimum atomic E-state index is -0.316. The lowest BCUT2D eigenvalue weighted by Gasteiger charge is -2.06. The van der Waals surface area contributed by atoms with Crippen LogP contribution in [-0.2, 0) is 0 Å². The molecule has 0 aliphatic heterocycles. The van der Waals surface area contributed by atoms with Gasteiger partial charge in [-0.2, -0.15) is 5.10 Å². The molecule has 2 rings (SSSR count). The van der Waals surface area contributed by atoms with E-state index in [-0.39, 0.29) is 11.7 Å². The van der Waals surface area contributed by atoms with Gasteiger partial charge in [0.05, 0.1) is 5.69 Å². The van der Waals surface area contributed by atoms with E-state index < -0.39 is 0 Å². The molecule has 1 aromatic carbocycles. The molecule has 0 bridgehead atoms. The van der Waals surface area contributed by atoms with Gasteiger partial charge in [0.25, 0.3) is 5.91 Å². The summed E-state index contributed by atoms with van der Waals surface area (Å²) in [7, 11) is 0. The Morgan fingerprint density at radius 3 is 3.00 bits per heavy atom. The highest BCUT2D eigenvalue weighted by Gasteiger charge is 2.10. The Balaban J connectivity index is 2.21. The number of anilines is 1. The van der Waals surface area contributed by atoms with Gasteiger partial charge in [-0.15, -0.1) is 0 Å². The molecule has 0 radical (unpaired) electrons. The normalized spacial score (nSPS) is 10.1. The number of nitrogens with one attached hydrogen (secondary N) is 2. The van der Waals surface area contributed by atoms with Crippen LogP contribution in [-0.4, -0.2) is 21.1 Å². The van der Waals surface area contributed by atoms with E-state index in [1.807, 2.05) is 25.1 Å². The van der Waals surface area contributed by atoms with Crippen LogP contribution in [0.2, 0.25) is 0 Å². The fraction of sp³-hybridized carbons (Fsp3) is 0.100. The first kappa shape index (κ1) is 10.8. The van der Waals surface area contributed by atoms with Crippen molar-refractivity contribution in [1.29, 1.82) is 0 Å². The molecule has 5 nitrogen and oxygen atoms in total. The second kappa shape index (κ2) is 4.44. The summed E-state index contributed by atoms with van der Waals surface area (Å²) in [6, 6.07) is 5.71. The first-order valence-electron chi connectivity index (χ1n) is 4.59. The van der Waals surface area contributed by atoms with E-state index >= 15 is 0 Å². The van der Waals surface area contributed by atoms with Gasteiger partial charge in [0.2, 0.25) is 5.82 Å². The van der Waals surface area contributed by atoms with Crippen molar-refractivity contribution in [1.82, 2.24) is 15.2 Å². The third-order valence-corrected chi connectivity index (χ3v) is 2.69. The highest BCUT2D eigenvalue weighted by molar-refractivity contribution is 9.10. The second-order valence-electron chi connectivity index (χ2n) is 3.27. The lowest BCUT2D eigenvalue weighted by Crippen LogP contribution is -2.14. The van der Waals surface area contributed by atoms with Crippen LogP contribution >= 0.6 is 15.9 Å². The van der Waals surface area contributed by atoms with Crippen molar-refractivity contribution < 1.29 is 4.79 Å². The average Bonchev–Trinajstić information content (AvgIpc) is 2.76. The number of carbonyl (C=O) groups is 1. The summed E-state index contributed by atoms with van der Waals surface area (Å²) in [5, 5.41) is 8.85. The molecule has 1 heterocycles. The van der Waals surface area contributed by atoms with E-state index in [2.05, 4.69) is 36.4 Å². The third-order valence-electron chi connectivity index (χ3n) is 2.00. The maximum Gasteiger partial charge on any atom is 0.293 e. The van der Waals surface area contributed by atoms with Crippen LogP contribution in [0.15, 0.2) is 29.0 Å². The van der Waals surface area contributed by atoms with Crippen LogP contribution in [0.25, 0.3) is 0 Å². The van der Waals surface area contributed by atoms with E-state index in [1.165, 1.54) is 6.33 Å². The molecule has 0 atom stereocenters. The van der Waals surface area contributed by atoms with Gasteiger partial charge in [0.15, 0.2) is 0 Å². The van der Waals surface area contributed by atoms with E-state index in [9.17, 15) is 4.79 Å².